The normalized spacial score (nSPS) is 23.7. The zero-order valence-electron chi connectivity index (χ0n) is 13.8. The summed E-state index contributed by atoms with van der Waals surface area (Å²) in [5.74, 6) is 0. The Bertz CT molecular complexity index is 648. The first-order valence-electron chi connectivity index (χ1n) is 8.93. The van der Waals surface area contributed by atoms with Crippen molar-refractivity contribution in [2.75, 3.05) is 26.3 Å². The second-order valence-corrected chi connectivity index (χ2v) is 6.63. The number of ether oxygens (including phenoxy) is 1. The van der Waals surface area contributed by atoms with Gasteiger partial charge in [0.1, 0.15) is 0 Å². The van der Waals surface area contributed by atoms with Gasteiger partial charge >= 0.3 is 0 Å². The molecule has 1 aliphatic heterocycles. The van der Waals surface area contributed by atoms with E-state index in [0.717, 1.165) is 26.3 Å². The summed E-state index contributed by atoms with van der Waals surface area (Å²) in [5.41, 5.74) is 7.58. The van der Waals surface area contributed by atoms with Crippen molar-refractivity contribution in [3.8, 4) is 0 Å². The van der Waals surface area contributed by atoms with Gasteiger partial charge in [0.15, 0.2) is 0 Å². The maximum Gasteiger partial charge on any atom is 0.0642 e. The molecule has 0 N–H and O–H groups in total. The maximum absolute atomic E-state index is 5.58. The average Bonchev–Trinajstić information content (AvgIpc) is 3.26. The fraction of sp³-hybridized carbons (Fsp3) is 0.429. The number of rotatable bonds is 3. The van der Waals surface area contributed by atoms with Crippen molar-refractivity contribution in [3.05, 3.63) is 64.4 Å². The van der Waals surface area contributed by atoms with Crippen LogP contribution in [0.25, 0.3) is 6.08 Å². The Balaban J connectivity index is 1.72. The third-order valence-corrected chi connectivity index (χ3v) is 5.13. The summed E-state index contributed by atoms with van der Waals surface area (Å²) in [4.78, 5) is 2.57. The number of hydrogen-bond donors (Lipinski definition) is 0. The quantitative estimate of drug-likeness (QED) is 0.811. The lowest BCUT2D eigenvalue weighted by Gasteiger charge is -2.32. The minimum absolute atomic E-state index is 0.856. The van der Waals surface area contributed by atoms with Crippen LogP contribution in [-0.2, 0) is 4.74 Å². The highest BCUT2D eigenvalue weighted by molar-refractivity contribution is 5.63. The lowest BCUT2D eigenvalue weighted by Crippen LogP contribution is -2.36. The Labute approximate surface area is 139 Å². The van der Waals surface area contributed by atoms with Crippen molar-refractivity contribution in [1.82, 2.24) is 4.90 Å². The van der Waals surface area contributed by atoms with Crippen LogP contribution in [-0.4, -0.2) is 31.2 Å². The Kier molecular flexibility index (Phi) is 4.34. The van der Waals surface area contributed by atoms with Gasteiger partial charge in [0.2, 0.25) is 0 Å². The van der Waals surface area contributed by atoms with Crippen LogP contribution in [0.1, 0.15) is 37.7 Å². The number of benzene rings is 1. The molecule has 0 radical (unpaired) electrons. The molecule has 1 saturated heterocycles. The van der Waals surface area contributed by atoms with E-state index in [4.69, 9.17) is 4.74 Å². The minimum atomic E-state index is 0.856. The molecule has 0 spiro atoms. The van der Waals surface area contributed by atoms with Crippen LogP contribution in [0.2, 0.25) is 0 Å². The second kappa shape index (κ2) is 6.76. The minimum Gasteiger partial charge on any atom is -0.378 e. The van der Waals surface area contributed by atoms with Gasteiger partial charge in [0, 0.05) is 18.8 Å². The van der Waals surface area contributed by atoms with E-state index in [-0.39, 0.29) is 0 Å². The van der Waals surface area contributed by atoms with Crippen molar-refractivity contribution in [1.29, 1.82) is 0 Å². The zero-order valence-corrected chi connectivity index (χ0v) is 13.8. The number of allylic oxidation sites excluding steroid dienone is 4. The molecule has 0 atom stereocenters. The molecule has 1 aromatic carbocycles. The van der Waals surface area contributed by atoms with Crippen LogP contribution in [0.5, 0.6) is 0 Å². The van der Waals surface area contributed by atoms with Gasteiger partial charge in [-0.25, -0.2) is 0 Å². The topological polar surface area (TPSA) is 12.5 Å². The van der Waals surface area contributed by atoms with Gasteiger partial charge in [-0.3, -0.25) is 0 Å². The molecule has 0 saturated carbocycles. The first-order valence-corrected chi connectivity index (χ1v) is 8.93. The fourth-order valence-corrected chi connectivity index (χ4v) is 4.02. The number of hydrogen-bond acceptors (Lipinski definition) is 2. The highest BCUT2D eigenvalue weighted by atomic mass is 16.5. The summed E-state index contributed by atoms with van der Waals surface area (Å²) in [6.45, 7) is 3.76. The number of nitrogens with zero attached hydrogens (tertiary/aromatic N) is 1. The molecule has 2 heteroatoms. The maximum atomic E-state index is 5.58. The van der Waals surface area contributed by atoms with Gasteiger partial charge < -0.3 is 9.64 Å². The van der Waals surface area contributed by atoms with Crippen molar-refractivity contribution in [3.63, 3.8) is 0 Å². The molecule has 1 fully saturated rings. The van der Waals surface area contributed by atoms with Gasteiger partial charge in [0.25, 0.3) is 0 Å². The van der Waals surface area contributed by atoms with E-state index < -0.39 is 0 Å². The molecular formula is C21H25NO. The summed E-state index contributed by atoms with van der Waals surface area (Å²) in [7, 11) is 0. The van der Waals surface area contributed by atoms with Gasteiger partial charge in [-0.1, -0.05) is 36.4 Å². The Morgan fingerprint density at radius 2 is 1.78 bits per heavy atom. The third kappa shape index (κ3) is 3.13. The molecule has 3 aliphatic rings. The van der Waals surface area contributed by atoms with E-state index in [1.807, 2.05) is 0 Å². The molecule has 1 heterocycles. The first kappa shape index (κ1) is 14.8. The fourth-order valence-electron chi connectivity index (χ4n) is 4.02. The van der Waals surface area contributed by atoms with E-state index in [0.29, 0.717) is 0 Å². The monoisotopic (exact) mass is 307 g/mol. The van der Waals surface area contributed by atoms with Gasteiger partial charge in [-0.05, 0) is 60.5 Å². The molecule has 4 rings (SSSR count). The van der Waals surface area contributed by atoms with Crippen molar-refractivity contribution in [2.45, 2.75) is 32.1 Å². The molecule has 0 aromatic heterocycles. The van der Waals surface area contributed by atoms with Crippen LogP contribution < -0.4 is 0 Å². The number of morpholine rings is 1. The van der Waals surface area contributed by atoms with Crippen LogP contribution >= 0.6 is 0 Å². The standard InChI is InChI=1S/C21H25NO/c1-2-6-17(7-3-1)16-19-10-11-20(18-8-4-5-9-18)21(19)22-12-14-23-15-13-22/h1-3,6-8,16H,4-5,9-15H2/b19-16+. The molecule has 0 unspecified atom stereocenters. The summed E-state index contributed by atoms with van der Waals surface area (Å²) in [5, 5.41) is 0. The van der Waals surface area contributed by atoms with E-state index >= 15 is 0 Å². The third-order valence-electron chi connectivity index (χ3n) is 5.13. The Morgan fingerprint density at radius 1 is 0.957 bits per heavy atom. The largest absolute Gasteiger partial charge is 0.378 e. The predicted molar refractivity (Wildman–Crippen MR) is 95.0 cm³/mol. The lowest BCUT2D eigenvalue weighted by molar-refractivity contribution is 0.0547. The highest BCUT2D eigenvalue weighted by Crippen LogP contribution is 2.41. The van der Waals surface area contributed by atoms with E-state index in [1.54, 1.807) is 11.1 Å². The molecular weight excluding hydrogens is 282 g/mol. The molecule has 2 nitrogen and oxygen atoms in total. The Morgan fingerprint density at radius 3 is 2.52 bits per heavy atom. The van der Waals surface area contributed by atoms with Gasteiger partial charge in [-0.2, -0.15) is 0 Å². The Hall–Kier alpha value is -1.80. The molecule has 120 valence electrons. The lowest BCUT2D eigenvalue weighted by atomic mass is 10.0. The summed E-state index contributed by atoms with van der Waals surface area (Å²) < 4.78 is 5.58. The molecule has 2 aliphatic carbocycles. The van der Waals surface area contributed by atoms with Gasteiger partial charge in [0.05, 0.1) is 13.2 Å². The van der Waals surface area contributed by atoms with Crippen molar-refractivity contribution in [2.24, 2.45) is 0 Å². The smallest absolute Gasteiger partial charge is 0.0642 e. The molecule has 23 heavy (non-hydrogen) atoms. The van der Waals surface area contributed by atoms with E-state index in [2.05, 4.69) is 47.4 Å². The van der Waals surface area contributed by atoms with Crippen molar-refractivity contribution >= 4 is 6.08 Å². The molecule has 0 bridgehead atoms. The highest BCUT2D eigenvalue weighted by Gasteiger charge is 2.28. The summed E-state index contributed by atoms with van der Waals surface area (Å²) >= 11 is 0. The SMILES string of the molecule is C1=C(C2=C(N3CCOCC3)/C(=C/c3ccccc3)CC2)CCC1. The first-order chi connectivity index (χ1) is 11.4. The predicted octanol–water partition coefficient (Wildman–Crippen LogP) is 4.56. The van der Waals surface area contributed by atoms with E-state index in [9.17, 15) is 0 Å². The van der Waals surface area contributed by atoms with Crippen LogP contribution in [0, 0.1) is 0 Å². The summed E-state index contributed by atoms with van der Waals surface area (Å²) in [6.07, 6.45) is 11.1. The molecule has 1 aromatic rings. The van der Waals surface area contributed by atoms with Crippen LogP contribution in [0.4, 0.5) is 0 Å². The van der Waals surface area contributed by atoms with Gasteiger partial charge in [-0.15, -0.1) is 0 Å². The zero-order chi connectivity index (χ0) is 15.5. The van der Waals surface area contributed by atoms with Crippen LogP contribution in [0.3, 0.4) is 0 Å². The summed E-state index contributed by atoms with van der Waals surface area (Å²) in [6, 6.07) is 10.7. The second-order valence-electron chi connectivity index (χ2n) is 6.63. The average molecular weight is 307 g/mol. The van der Waals surface area contributed by atoms with E-state index in [1.165, 1.54) is 48.9 Å². The molecule has 0 amide bonds. The van der Waals surface area contributed by atoms with Crippen LogP contribution in [0.15, 0.2) is 58.8 Å². The van der Waals surface area contributed by atoms with Crippen molar-refractivity contribution < 1.29 is 4.74 Å².